The minimum Gasteiger partial charge on any atom is -0.497 e. The summed E-state index contributed by atoms with van der Waals surface area (Å²) < 4.78 is 7.51. The van der Waals surface area contributed by atoms with Crippen molar-refractivity contribution < 1.29 is 9.53 Å². The van der Waals surface area contributed by atoms with Crippen LogP contribution >= 0.6 is 0 Å². The van der Waals surface area contributed by atoms with Crippen LogP contribution in [0.3, 0.4) is 0 Å². The number of ketones is 1. The highest BCUT2D eigenvalue weighted by molar-refractivity contribution is 6.16. The molecule has 3 rings (SSSR count). The van der Waals surface area contributed by atoms with Crippen molar-refractivity contribution in [3.63, 3.8) is 0 Å². The Morgan fingerprint density at radius 2 is 1.74 bits per heavy atom. The molecule has 0 fully saturated rings. The van der Waals surface area contributed by atoms with Gasteiger partial charge >= 0.3 is 0 Å². The molecule has 0 radical (unpaired) electrons. The molecule has 0 saturated heterocycles. The second kappa shape index (κ2) is 9.40. The Hall–Kier alpha value is -2.55. The Morgan fingerprint density at radius 1 is 0.963 bits per heavy atom. The second-order valence-corrected chi connectivity index (χ2v) is 7.08. The molecule has 1 heterocycles. The lowest BCUT2D eigenvalue weighted by Gasteiger charge is -2.05. The van der Waals surface area contributed by atoms with E-state index in [-0.39, 0.29) is 5.78 Å². The summed E-state index contributed by atoms with van der Waals surface area (Å²) in [6.45, 7) is 3.20. The van der Waals surface area contributed by atoms with Crippen molar-refractivity contribution in [2.45, 2.75) is 52.0 Å². The lowest BCUT2D eigenvalue weighted by Crippen LogP contribution is -2.01. The number of methoxy groups -OCH3 is 1. The van der Waals surface area contributed by atoms with Crippen LogP contribution in [-0.2, 0) is 6.54 Å². The number of ether oxygens (including phenoxy) is 1. The molecule has 1 aromatic heterocycles. The molecule has 0 spiro atoms. The molecule has 3 heteroatoms. The maximum Gasteiger partial charge on any atom is 0.195 e. The standard InChI is InChI=1S/C24H29NO2/c1-3-4-5-6-7-10-16-25-18-22(21-14-8-9-15-23(21)25)24(26)19-12-11-13-20(17-19)27-2/h8-9,11-15,17-18H,3-7,10,16H2,1-2H3. The average molecular weight is 364 g/mol. The van der Waals surface area contributed by atoms with Crippen LogP contribution < -0.4 is 4.74 Å². The minimum absolute atomic E-state index is 0.0480. The third-order valence-electron chi connectivity index (χ3n) is 5.12. The van der Waals surface area contributed by atoms with Crippen LogP contribution in [0.15, 0.2) is 54.7 Å². The van der Waals surface area contributed by atoms with Crippen LogP contribution in [0, 0.1) is 0 Å². The predicted molar refractivity (Wildman–Crippen MR) is 112 cm³/mol. The zero-order chi connectivity index (χ0) is 19.1. The van der Waals surface area contributed by atoms with Crippen molar-refractivity contribution in [1.29, 1.82) is 0 Å². The fourth-order valence-corrected chi connectivity index (χ4v) is 3.60. The molecule has 3 aromatic rings. The number of para-hydroxylation sites is 1. The summed E-state index contributed by atoms with van der Waals surface area (Å²) in [5.41, 5.74) is 2.57. The maximum absolute atomic E-state index is 13.1. The number of benzene rings is 2. The molecule has 27 heavy (non-hydrogen) atoms. The first-order valence-corrected chi connectivity index (χ1v) is 10.0. The van der Waals surface area contributed by atoms with E-state index in [1.807, 2.05) is 48.7 Å². The van der Waals surface area contributed by atoms with E-state index >= 15 is 0 Å². The van der Waals surface area contributed by atoms with Crippen LogP contribution in [-0.4, -0.2) is 17.5 Å². The Bertz CT molecular complexity index is 894. The van der Waals surface area contributed by atoms with Crippen molar-refractivity contribution in [1.82, 2.24) is 4.57 Å². The Labute approximate surface area is 162 Å². The summed E-state index contributed by atoms with van der Waals surface area (Å²) in [4.78, 5) is 13.1. The number of carbonyl (C=O) groups excluding carboxylic acids is 1. The third kappa shape index (κ3) is 4.60. The topological polar surface area (TPSA) is 31.2 Å². The van der Waals surface area contributed by atoms with Crippen LogP contribution in [0.2, 0.25) is 0 Å². The van der Waals surface area contributed by atoms with Gasteiger partial charge in [-0.05, 0) is 24.6 Å². The number of hydrogen-bond donors (Lipinski definition) is 0. The van der Waals surface area contributed by atoms with Crippen LogP contribution in [0.1, 0.15) is 61.4 Å². The molecule has 3 nitrogen and oxygen atoms in total. The molecule has 0 unspecified atom stereocenters. The van der Waals surface area contributed by atoms with E-state index in [0.717, 1.165) is 29.4 Å². The van der Waals surface area contributed by atoms with Gasteiger partial charge in [0, 0.05) is 34.8 Å². The van der Waals surface area contributed by atoms with Gasteiger partial charge in [0.2, 0.25) is 0 Å². The number of aromatic nitrogens is 1. The van der Waals surface area contributed by atoms with Gasteiger partial charge in [0.25, 0.3) is 0 Å². The van der Waals surface area contributed by atoms with Crippen molar-refractivity contribution in [3.8, 4) is 5.75 Å². The van der Waals surface area contributed by atoms with Crippen molar-refractivity contribution >= 4 is 16.7 Å². The van der Waals surface area contributed by atoms with Gasteiger partial charge in [0.15, 0.2) is 5.78 Å². The van der Waals surface area contributed by atoms with Crippen molar-refractivity contribution in [2.24, 2.45) is 0 Å². The van der Waals surface area contributed by atoms with E-state index in [9.17, 15) is 4.79 Å². The van der Waals surface area contributed by atoms with E-state index < -0.39 is 0 Å². The average Bonchev–Trinajstić information content (AvgIpc) is 3.09. The van der Waals surface area contributed by atoms with Gasteiger partial charge in [0.1, 0.15) is 5.75 Å². The van der Waals surface area contributed by atoms with Gasteiger partial charge in [-0.25, -0.2) is 0 Å². The Morgan fingerprint density at radius 3 is 2.56 bits per heavy atom. The van der Waals surface area contributed by atoms with Gasteiger partial charge in [-0.1, -0.05) is 69.4 Å². The minimum atomic E-state index is 0.0480. The van der Waals surface area contributed by atoms with E-state index in [2.05, 4.69) is 17.6 Å². The Kier molecular flexibility index (Phi) is 6.69. The normalized spacial score (nSPS) is 11.0. The summed E-state index contributed by atoms with van der Waals surface area (Å²) >= 11 is 0. The highest BCUT2D eigenvalue weighted by atomic mass is 16.5. The first-order chi connectivity index (χ1) is 13.2. The molecule has 0 aliphatic heterocycles. The van der Waals surface area contributed by atoms with E-state index in [4.69, 9.17) is 4.74 Å². The smallest absolute Gasteiger partial charge is 0.195 e. The van der Waals surface area contributed by atoms with Gasteiger partial charge in [-0.2, -0.15) is 0 Å². The second-order valence-electron chi connectivity index (χ2n) is 7.08. The van der Waals surface area contributed by atoms with Gasteiger partial charge in [0.05, 0.1) is 7.11 Å². The highest BCUT2D eigenvalue weighted by Crippen LogP contribution is 2.25. The number of hydrogen-bond acceptors (Lipinski definition) is 2. The molecular formula is C24H29NO2. The summed E-state index contributed by atoms with van der Waals surface area (Å²) in [5.74, 6) is 0.753. The number of rotatable bonds is 10. The molecule has 0 amide bonds. The quantitative estimate of drug-likeness (QED) is 0.315. The summed E-state index contributed by atoms with van der Waals surface area (Å²) in [7, 11) is 1.62. The monoisotopic (exact) mass is 363 g/mol. The molecule has 0 saturated carbocycles. The fraction of sp³-hybridized carbons (Fsp3) is 0.375. The number of fused-ring (bicyclic) bond motifs is 1. The van der Waals surface area contributed by atoms with E-state index in [0.29, 0.717) is 11.3 Å². The van der Waals surface area contributed by atoms with Crippen LogP contribution in [0.25, 0.3) is 10.9 Å². The van der Waals surface area contributed by atoms with Gasteiger partial charge in [-0.3, -0.25) is 4.79 Å². The first-order valence-electron chi connectivity index (χ1n) is 10.0. The molecule has 142 valence electrons. The number of carbonyl (C=O) groups is 1. The lowest BCUT2D eigenvalue weighted by atomic mass is 10.0. The maximum atomic E-state index is 13.1. The molecule has 0 atom stereocenters. The van der Waals surface area contributed by atoms with Crippen molar-refractivity contribution in [3.05, 3.63) is 65.9 Å². The lowest BCUT2D eigenvalue weighted by molar-refractivity contribution is 0.103. The molecule has 2 aromatic carbocycles. The largest absolute Gasteiger partial charge is 0.497 e. The number of nitrogens with zero attached hydrogens (tertiary/aromatic N) is 1. The fourth-order valence-electron chi connectivity index (χ4n) is 3.60. The molecule has 0 aliphatic carbocycles. The Balaban J connectivity index is 1.80. The SMILES string of the molecule is CCCCCCCCn1cc(C(=O)c2cccc(OC)c2)c2ccccc21. The molecule has 0 N–H and O–H groups in total. The third-order valence-corrected chi connectivity index (χ3v) is 5.12. The molecule has 0 bridgehead atoms. The zero-order valence-electron chi connectivity index (χ0n) is 16.4. The van der Waals surface area contributed by atoms with E-state index in [1.54, 1.807) is 7.11 Å². The summed E-state index contributed by atoms with van der Waals surface area (Å²) in [6, 6.07) is 15.6. The van der Waals surface area contributed by atoms with Crippen LogP contribution in [0.5, 0.6) is 5.75 Å². The first kappa shape index (κ1) is 19.2. The van der Waals surface area contributed by atoms with Crippen LogP contribution in [0.4, 0.5) is 0 Å². The van der Waals surface area contributed by atoms with Crippen molar-refractivity contribution in [2.75, 3.05) is 7.11 Å². The highest BCUT2D eigenvalue weighted by Gasteiger charge is 2.17. The summed E-state index contributed by atoms with van der Waals surface area (Å²) in [5, 5.41) is 1.02. The number of unbranched alkanes of at least 4 members (excludes halogenated alkanes) is 5. The zero-order valence-corrected chi connectivity index (χ0v) is 16.4. The molecule has 0 aliphatic rings. The summed E-state index contributed by atoms with van der Waals surface area (Å²) in [6.07, 6.45) is 9.63. The number of aryl methyl sites for hydroxylation is 1. The predicted octanol–water partition coefficient (Wildman–Crippen LogP) is 6.24. The molecular weight excluding hydrogens is 334 g/mol. The van der Waals surface area contributed by atoms with Gasteiger partial charge in [-0.15, -0.1) is 0 Å². The van der Waals surface area contributed by atoms with E-state index in [1.165, 1.54) is 32.1 Å². The van der Waals surface area contributed by atoms with Gasteiger partial charge < -0.3 is 9.30 Å².